The van der Waals surface area contributed by atoms with E-state index in [2.05, 4.69) is 57.2 Å². The number of nitrogens with zero attached hydrogens (tertiary/aromatic N) is 1. The molecule has 1 unspecified atom stereocenters. The molecule has 0 bridgehead atoms. The van der Waals surface area contributed by atoms with Crippen molar-refractivity contribution in [1.82, 2.24) is 10.3 Å². The Morgan fingerprint density at radius 2 is 1.88 bits per heavy atom. The molecule has 0 radical (unpaired) electrons. The number of hydrogen-bond acceptors (Lipinski definition) is 2. The number of hydrogen-bond donors (Lipinski definition) is 1. The number of likely N-dealkylation sites (N-methyl/N-ethyl adjacent to an activating group) is 1. The summed E-state index contributed by atoms with van der Waals surface area (Å²) in [6.07, 6.45) is 2.90. The number of nitrogens with one attached hydrogen (secondary N) is 1. The van der Waals surface area contributed by atoms with Crippen LogP contribution in [0.3, 0.4) is 0 Å². The fourth-order valence-electron chi connectivity index (χ4n) is 3.38. The summed E-state index contributed by atoms with van der Waals surface area (Å²) in [6, 6.07) is 6.68. The molecule has 0 aromatic carbocycles. The first kappa shape index (κ1) is 12.6. The SMILES string of the molecule is CNC(Cc1ccccn1)C1C(C)(C)C1(C)C. The third kappa shape index (κ3) is 1.99. The highest BCUT2D eigenvalue weighted by Gasteiger charge is 2.66. The number of pyridine rings is 1. The quantitative estimate of drug-likeness (QED) is 0.863. The van der Waals surface area contributed by atoms with Gasteiger partial charge < -0.3 is 5.32 Å². The first-order chi connectivity index (χ1) is 7.91. The summed E-state index contributed by atoms with van der Waals surface area (Å²) >= 11 is 0. The molecular formula is C15H24N2. The topological polar surface area (TPSA) is 24.9 Å². The maximum Gasteiger partial charge on any atom is 0.0419 e. The van der Waals surface area contributed by atoms with E-state index in [0.29, 0.717) is 16.9 Å². The zero-order valence-electron chi connectivity index (χ0n) is 11.6. The molecular weight excluding hydrogens is 208 g/mol. The van der Waals surface area contributed by atoms with Gasteiger partial charge in [0.25, 0.3) is 0 Å². The van der Waals surface area contributed by atoms with Gasteiger partial charge >= 0.3 is 0 Å². The van der Waals surface area contributed by atoms with Crippen LogP contribution in [0.4, 0.5) is 0 Å². The highest BCUT2D eigenvalue weighted by Crippen LogP contribution is 2.69. The van der Waals surface area contributed by atoms with Crippen molar-refractivity contribution < 1.29 is 0 Å². The van der Waals surface area contributed by atoms with Crippen LogP contribution in [0.1, 0.15) is 33.4 Å². The third-order valence-corrected chi connectivity index (χ3v) is 5.06. The zero-order chi connectivity index (χ0) is 12.7. The van der Waals surface area contributed by atoms with E-state index in [1.54, 1.807) is 0 Å². The lowest BCUT2D eigenvalue weighted by Gasteiger charge is -2.18. The van der Waals surface area contributed by atoms with Crippen molar-refractivity contribution in [3.63, 3.8) is 0 Å². The van der Waals surface area contributed by atoms with Crippen LogP contribution >= 0.6 is 0 Å². The Balaban J connectivity index is 2.10. The molecule has 0 aliphatic heterocycles. The second kappa shape index (κ2) is 4.09. The second-order valence-electron chi connectivity index (χ2n) is 6.34. The van der Waals surface area contributed by atoms with Crippen molar-refractivity contribution in [3.8, 4) is 0 Å². The van der Waals surface area contributed by atoms with Crippen LogP contribution in [0.15, 0.2) is 24.4 Å². The van der Waals surface area contributed by atoms with Gasteiger partial charge in [-0.15, -0.1) is 0 Å². The van der Waals surface area contributed by atoms with E-state index >= 15 is 0 Å². The molecule has 1 aliphatic rings. The molecule has 1 aromatic heterocycles. The standard InChI is InChI=1S/C15H24N2/c1-14(2)13(15(14,3)4)12(16-5)10-11-8-6-7-9-17-11/h6-9,12-13,16H,10H2,1-5H3. The monoisotopic (exact) mass is 232 g/mol. The molecule has 1 N–H and O–H groups in total. The molecule has 2 nitrogen and oxygen atoms in total. The first-order valence-electron chi connectivity index (χ1n) is 6.48. The highest BCUT2D eigenvalue weighted by atomic mass is 14.9. The molecule has 0 saturated heterocycles. The van der Waals surface area contributed by atoms with Gasteiger partial charge in [0.1, 0.15) is 0 Å². The molecule has 0 spiro atoms. The summed E-state index contributed by atoms with van der Waals surface area (Å²) in [5.74, 6) is 0.724. The molecule has 1 saturated carbocycles. The summed E-state index contributed by atoms with van der Waals surface area (Å²) in [5, 5.41) is 3.48. The smallest absolute Gasteiger partial charge is 0.0419 e. The molecule has 1 fully saturated rings. The van der Waals surface area contributed by atoms with Crippen LogP contribution in [0.25, 0.3) is 0 Å². The van der Waals surface area contributed by atoms with Crippen molar-refractivity contribution in [2.45, 2.75) is 40.2 Å². The van der Waals surface area contributed by atoms with Gasteiger partial charge in [-0.1, -0.05) is 33.8 Å². The molecule has 1 heterocycles. The predicted molar refractivity (Wildman–Crippen MR) is 71.8 cm³/mol. The van der Waals surface area contributed by atoms with Gasteiger partial charge in [-0.25, -0.2) is 0 Å². The Labute approximate surface area is 105 Å². The molecule has 2 heteroatoms. The maximum absolute atomic E-state index is 4.43. The van der Waals surface area contributed by atoms with E-state index in [1.165, 1.54) is 5.69 Å². The second-order valence-corrected chi connectivity index (χ2v) is 6.34. The van der Waals surface area contributed by atoms with Crippen LogP contribution < -0.4 is 5.32 Å². The Kier molecular flexibility index (Phi) is 3.03. The van der Waals surface area contributed by atoms with E-state index < -0.39 is 0 Å². The average molecular weight is 232 g/mol. The molecule has 1 aromatic rings. The van der Waals surface area contributed by atoms with Gasteiger partial charge in [0.05, 0.1) is 0 Å². The number of aromatic nitrogens is 1. The summed E-state index contributed by atoms with van der Waals surface area (Å²) in [6.45, 7) is 9.50. The summed E-state index contributed by atoms with van der Waals surface area (Å²) in [7, 11) is 2.07. The van der Waals surface area contributed by atoms with Gasteiger partial charge in [0, 0.05) is 24.4 Å². The zero-order valence-corrected chi connectivity index (χ0v) is 11.6. The van der Waals surface area contributed by atoms with Gasteiger partial charge in [0.2, 0.25) is 0 Å². The van der Waals surface area contributed by atoms with Crippen molar-refractivity contribution in [2.75, 3.05) is 7.05 Å². The lowest BCUT2D eigenvalue weighted by Crippen LogP contribution is -2.32. The minimum absolute atomic E-state index is 0.426. The van der Waals surface area contributed by atoms with Crippen molar-refractivity contribution in [2.24, 2.45) is 16.7 Å². The van der Waals surface area contributed by atoms with Gasteiger partial charge in [-0.05, 0) is 35.9 Å². The van der Waals surface area contributed by atoms with E-state index in [1.807, 2.05) is 12.3 Å². The Bertz CT molecular complexity index is 367. The van der Waals surface area contributed by atoms with Crippen LogP contribution in [0.5, 0.6) is 0 Å². The van der Waals surface area contributed by atoms with Gasteiger partial charge in [-0.2, -0.15) is 0 Å². The average Bonchev–Trinajstić information content (AvgIpc) is 2.68. The first-order valence-corrected chi connectivity index (χ1v) is 6.48. The maximum atomic E-state index is 4.43. The van der Waals surface area contributed by atoms with Crippen molar-refractivity contribution >= 4 is 0 Å². The van der Waals surface area contributed by atoms with E-state index in [9.17, 15) is 0 Å². The molecule has 1 aliphatic carbocycles. The predicted octanol–water partition coefficient (Wildman–Crippen LogP) is 2.89. The molecule has 1 atom stereocenters. The summed E-state index contributed by atoms with van der Waals surface area (Å²) in [5.41, 5.74) is 2.04. The lowest BCUT2D eigenvalue weighted by atomic mass is 9.99. The van der Waals surface area contributed by atoms with Crippen molar-refractivity contribution in [1.29, 1.82) is 0 Å². The lowest BCUT2D eigenvalue weighted by molar-refractivity contribution is 0.418. The van der Waals surface area contributed by atoms with Crippen LogP contribution in [-0.4, -0.2) is 18.1 Å². The molecule has 94 valence electrons. The van der Waals surface area contributed by atoms with E-state index in [0.717, 1.165) is 12.3 Å². The van der Waals surface area contributed by atoms with Crippen LogP contribution in [0, 0.1) is 16.7 Å². The van der Waals surface area contributed by atoms with Crippen LogP contribution in [-0.2, 0) is 6.42 Å². The Hall–Kier alpha value is -0.890. The Morgan fingerprint density at radius 3 is 2.29 bits per heavy atom. The van der Waals surface area contributed by atoms with Gasteiger partial charge in [0.15, 0.2) is 0 Å². The summed E-state index contributed by atoms with van der Waals surface area (Å²) < 4.78 is 0. The van der Waals surface area contributed by atoms with Crippen molar-refractivity contribution in [3.05, 3.63) is 30.1 Å². The van der Waals surface area contributed by atoms with Crippen LogP contribution in [0.2, 0.25) is 0 Å². The van der Waals surface area contributed by atoms with Gasteiger partial charge in [-0.3, -0.25) is 4.98 Å². The number of rotatable bonds is 4. The fraction of sp³-hybridized carbons (Fsp3) is 0.667. The minimum Gasteiger partial charge on any atom is -0.316 e. The summed E-state index contributed by atoms with van der Waals surface area (Å²) in [4.78, 5) is 4.43. The normalized spacial score (nSPS) is 23.4. The minimum atomic E-state index is 0.426. The Morgan fingerprint density at radius 1 is 1.24 bits per heavy atom. The molecule has 17 heavy (non-hydrogen) atoms. The highest BCUT2D eigenvalue weighted by molar-refractivity contribution is 5.18. The molecule has 2 rings (SSSR count). The van der Waals surface area contributed by atoms with E-state index in [4.69, 9.17) is 0 Å². The molecule has 0 amide bonds. The third-order valence-electron chi connectivity index (χ3n) is 5.06. The largest absolute Gasteiger partial charge is 0.316 e. The fourth-order valence-corrected chi connectivity index (χ4v) is 3.38. The van der Waals surface area contributed by atoms with E-state index in [-0.39, 0.29) is 0 Å².